The van der Waals surface area contributed by atoms with Crippen molar-refractivity contribution in [3.05, 3.63) is 101 Å². The van der Waals surface area contributed by atoms with E-state index in [-0.39, 0.29) is 19.0 Å². The fourth-order valence-corrected chi connectivity index (χ4v) is 3.98. The SMILES string of the molecule is COC(=O)c1cccc(OCc2ccc(COc3ccccc3C(F)(F)F)cc2C2=CCNCC2)c1. The van der Waals surface area contributed by atoms with Crippen molar-refractivity contribution in [3.63, 3.8) is 0 Å². The number of esters is 1. The topological polar surface area (TPSA) is 56.8 Å². The molecule has 3 aromatic rings. The van der Waals surface area contributed by atoms with Gasteiger partial charge < -0.3 is 19.5 Å². The first kappa shape index (κ1) is 25.3. The van der Waals surface area contributed by atoms with E-state index in [1.165, 1.54) is 25.3 Å². The molecule has 3 aromatic carbocycles. The summed E-state index contributed by atoms with van der Waals surface area (Å²) in [5.74, 6) is -0.123. The lowest BCUT2D eigenvalue weighted by Gasteiger charge is -2.20. The Morgan fingerprint density at radius 3 is 2.56 bits per heavy atom. The minimum atomic E-state index is -4.49. The van der Waals surface area contributed by atoms with Crippen molar-refractivity contribution >= 4 is 11.5 Å². The number of hydrogen-bond acceptors (Lipinski definition) is 5. The number of rotatable bonds is 8. The van der Waals surface area contributed by atoms with Crippen molar-refractivity contribution in [2.75, 3.05) is 20.2 Å². The van der Waals surface area contributed by atoms with Crippen LogP contribution in [0.1, 0.15) is 39.0 Å². The first-order valence-corrected chi connectivity index (χ1v) is 11.5. The Hall–Kier alpha value is -3.78. The molecule has 5 nitrogen and oxygen atoms in total. The number of carbonyl (C=O) groups excluding carboxylic acids is 1. The molecule has 0 amide bonds. The Morgan fingerprint density at radius 1 is 0.972 bits per heavy atom. The molecular formula is C28H26F3NO4. The Morgan fingerprint density at radius 2 is 1.81 bits per heavy atom. The van der Waals surface area contributed by atoms with Crippen LogP contribution in [-0.4, -0.2) is 26.2 Å². The molecule has 1 aliphatic rings. The highest BCUT2D eigenvalue weighted by Crippen LogP contribution is 2.36. The van der Waals surface area contributed by atoms with Crippen molar-refractivity contribution in [1.82, 2.24) is 5.32 Å². The number of benzene rings is 3. The van der Waals surface area contributed by atoms with E-state index < -0.39 is 17.7 Å². The molecule has 4 rings (SSSR count). The monoisotopic (exact) mass is 497 g/mol. The molecule has 188 valence electrons. The molecule has 8 heteroatoms. The van der Waals surface area contributed by atoms with Gasteiger partial charge in [0.15, 0.2) is 0 Å². The maximum absolute atomic E-state index is 13.3. The summed E-state index contributed by atoms with van der Waals surface area (Å²) in [6.45, 7) is 1.81. The van der Waals surface area contributed by atoms with Gasteiger partial charge >= 0.3 is 12.1 Å². The van der Waals surface area contributed by atoms with Crippen LogP contribution >= 0.6 is 0 Å². The van der Waals surface area contributed by atoms with Crippen LogP contribution in [0.2, 0.25) is 0 Å². The van der Waals surface area contributed by atoms with Gasteiger partial charge in [-0.05, 0) is 71.6 Å². The van der Waals surface area contributed by atoms with Gasteiger partial charge in [-0.3, -0.25) is 0 Å². The molecule has 1 N–H and O–H groups in total. The van der Waals surface area contributed by atoms with Crippen LogP contribution in [0.3, 0.4) is 0 Å². The van der Waals surface area contributed by atoms with E-state index in [0.717, 1.165) is 47.8 Å². The van der Waals surface area contributed by atoms with Crippen molar-refractivity contribution < 1.29 is 32.2 Å². The number of halogens is 3. The highest BCUT2D eigenvalue weighted by molar-refractivity contribution is 5.89. The molecule has 0 bridgehead atoms. The molecule has 1 aliphatic heterocycles. The Labute approximate surface area is 207 Å². The van der Waals surface area contributed by atoms with E-state index >= 15 is 0 Å². The molecule has 0 aromatic heterocycles. The Balaban J connectivity index is 1.55. The zero-order valence-corrected chi connectivity index (χ0v) is 19.7. The summed E-state index contributed by atoms with van der Waals surface area (Å²) in [6, 6.07) is 17.6. The van der Waals surface area contributed by atoms with Gasteiger partial charge in [0.1, 0.15) is 24.7 Å². The van der Waals surface area contributed by atoms with Crippen LogP contribution in [0, 0.1) is 0 Å². The molecule has 0 unspecified atom stereocenters. The molecule has 0 saturated carbocycles. The van der Waals surface area contributed by atoms with E-state index in [4.69, 9.17) is 14.2 Å². The fraction of sp³-hybridized carbons (Fsp3) is 0.250. The zero-order valence-electron chi connectivity index (χ0n) is 19.7. The normalized spacial score (nSPS) is 13.6. The van der Waals surface area contributed by atoms with Crippen LogP contribution < -0.4 is 14.8 Å². The summed E-state index contributed by atoms with van der Waals surface area (Å²) in [7, 11) is 1.32. The van der Waals surface area contributed by atoms with E-state index in [9.17, 15) is 18.0 Å². The summed E-state index contributed by atoms with van der Waals surface area (Å²) in [6.07, 6.45) is -1.58. The van der Waals surface area contributed by atoms with Gasteiger partial charge in [0, 0.05) is 6.54 Å². The van der Waals surface area contributed by atoms with Gasteiger partial charge in [-0.1, -0.05) is 36.4 Å². The number of methoxy groups -OCH3 is 1. The van der Waals surface area contributed by atoms with E-state index in [1.807, 2.05) is 18.2 Å². The van der Waals surface area contributed by atoms with Crippen molar-refractivity contribution in [3.8, 4) is 11.5 Å². The molecule has 0 radical (unpaired) electrons. The van der Waals surface area contributed by atoms with Crippen LogP contribution in [0.25, 0.3) is 5.57 Å². The summed E-state index contributed by atoms with van der Waals surface area (Å²) < 4.78 is 56.3. The summed E-state index contributed by atoms with van der Waals surface area (Å²) in [4.78, 5) is 11.8. The van der Waals surface area contributed by atoms with Gasteiger partial charge in [0.05, 0.1) is 18.2 Å². The van der Waals surface area contributed by atoms with Crippen LogP contribution in [0.4, 0.5) is 13.2 Å². The smallest absolute Gasteiger partial charge is 0.419 e. The molecule has 0 aliphatic carbocycles. The lowest BCUT2D eigenvalue weighted by Crippen LogP contribution is -2.20. The highest BCUT2D eigenvalue weighted by Gasteiger charge is 2.34. The largest absolute Gasteiger partial charge is 0.489 e. The van der Waals surface area contributed by atoms with Gasteiger partial charge in [-0.2, -0.15) is 13.2 Å². The van der Waals surface area contributed by atoms with Crippen molar-refractivity contribution in [2.45, 2.75) is 25.8 Å². The minimum absolute atomic E-state index is 0.00602. The number of carbonyl (C=O) groups is 1. The third-order valence-electron chi connectivity index (χ3n) is 5.82. The average molecular weight is 498 g/mol. The maximum Gasteiger partial charge on any atom is 0.419 e. The number of nitrogens with one attached hydrogen (secondary N) is 1. The first-order chi connectivity index (χ1) is 17.3. The predicted octanol–water partition coefficient (Wildman–Crippen LogP) is 6.03. The molecule has 0 atom stereocenters. The Bertz CT molecular complexity index is 1250. The summed E-state index contributed by atoms with van der Waals surface area (Å²) >= 11 is 0. The van der Waals surface area contributed by atoms with Crippen LogP contribution in [-0.2, 0) is 24.1 Å². The number of hydrogen-bond donors (Lipinski definition) is 1. The van der Waals surface area contributed by atoms with Gasteiger partial charge in [0.25, 0.3) is 0 Å². The van der Waals surface area contributed by atoms with E-state index in [0.29, 0.717) is 11.3 Å². The highest BCUT2D eigenvalue weighted by atomic mass is 19.4. The maximum atomic E-state index is 13.3. The summed E-state index contributed by atoms with van der Waals surface area (Å²) in [5, 5.41) is 3.28. The second kappa shape index (κ2) is 11.3. The number of alkyl halides is 3. The quantitative estimate of drug-likeness (QED) is 0.386. The molecule has 0 spiro atoms. The van der Waals surface area contributed by atoms with Crippen molar-refractivity contribution in [1.29, 1.82) is 0 Å². The fourth-order valence-electron chi connectivity index (χ4n) is 3.98. The molecule has 0 saturated heterocycles. The molecule has 1 heterocycles. The zero-order chi connectivity index (χ0) is 25.5. The predicted molar refractivity (Wildman–Crippen MR) is 130 cm³/mol. The minimum Gasteiger partial charge on any atom is -0.489 e. The second-order valence-electron chi connectivity index (χ2n) is 8.27. The average Bonchev–Trinajstić information content (AvgIpc) is 2.90. The van der Waals surface area contributed by atoms with E-state index in [2.05, 4.69) is 11.4 Å². The Kier molecular flexibility index (Phi) is 7.95. The number of para-hydroxylation sites is 1. The van der Waals surface area contributed by atoms with Gasteiger partial charge in [0.2, 0.25) is 0 Å². The van der Waals surface area contributed by atoms with Gasteiger partial charge in [-0.15, -0.1) is 0 Å². The standard InChI is InChI=1S/C28H26F3NO4/c1-34-27(33)21-5-4-6-23(16-21)35-18-22-10-9-19(15-24(22)20-11-13-32-14-12-20)17-36-26-8-3-2-7-25(26)28(29,30)31/h2-11,15-16,32H,12-14,17-18H2,1H3. The third kappa shape index (κ3) is 6.26. The first-order valence-electron chi connectivity index (χ1n) is 11.5. The van der Waals surface area contributed by atoms with E-state index in [1.54, 1.807) is 24.3 Å². The third-order valence-corrected chi connectivity index (χ3v) is 5.82. The molecule has 36 heavy (non-hydrogen) atoms. The lowest BCUT2D eigenvalue weighted by atomic mass is 9.94. The van der Waals surface area contributed by atoms with Gasteiger partial charge in [-0.25, -0.2) is 4.79 Å². The molecular weight excluding hydrogens is 471 g/mol. The van der Waals surface area contributed by atoms with Crippen molar-refractivity contribution in [2.24, 2.45) is 0 Å². The second-order valence-corrected chi connectivity index (χ2v) is 8.27. The lowest BCUT2D eigenvalue weighted by molar-refractivity contribution is -0.139. The van der Waals surface area contributed by atoms with Crippen LogP contribution in [0.5, 0.6) is 11.5 Å². The summed E-state index contributed by atoms with van der Waals surface area (Å²) in [5.41, 5.74) is 3.36. The number of ether oxygens (including phenoxy) is 3. The van der Waals surface area contributed by atoms with Crippen LogP contribution in [0.15, 0.2) is 72.8 Å². The molecule has 0 fully saturated rings.